The van der Waals surface area contributed by atoms with Gasteiger partial charge in [-0.2, -0.15) is 18.3 Å². The van der Waals surface area contributed by atoms with Crippen LogP contribution in [0.2, 0.25) is 0 Å². The smallest absolute Gasteiger partial charge is 0.398 e. The predicted molar refractivity (Wildman–Crippen MR) is 94.0 cm³/mol. The van der Waals surface area contributed by atoms with E-state index in [9.17, 15) is 21.6 Å². The number of anilines is 2. The third kappa shape index (κ3) is 3.23. The molecule has 27 heavy (non-hydrogen) atoms. The third-order valence-electron chi connectivity index (χ3n) is 3.95. The second-order valence-corrected chi connectivity index (χ2v) is 7.68. The number of nitrogen functional groups attached to an aromatic ring is 2. The first-order valence-corrected chi connectivity index (χ1v) is 9.14. The highest BCUT2D eigenvalue weighted by atomic mass is 32.2. The summed E-state index contributed by atoms with van der Waals surface area (Å²) in [6.07, 6.45) is -4.79. The molecule has 0 aliphatic carbocycles. The van der Waals surface area contributed by atoms with Gasteiger partial charge in [-0.05, 0) is 37.3 Å². The van der Waals surface area contributed by atoms with E-state index >= 15 is 0 Å². The number of rotatable bonds is 3. The summed E-state index contributed by atoms with van der Waals surface area (Å²) in [6, 6.07) is 11.0. The van der Waals surface area contributed by atoms with Crippen molar-refractivity contribution in [2.45, 2.75) is 22.9 Å². The fraction of sp³-hybridized carbons (Fsp3) is 0.118. The molecule has 0 aliphatic heterocycles. The average Bonchev–Trinajstić information content (AvgIpc) is 2.90. The van der Waals surface area contributed by atoms with Gasteiger partial charge in [0.1, 0.15) is 10.7 Å². The minimum Gasteiger partial charge on any atom is -0.398 e. The van der Waals surface area contributed by atoms with Crippen molar-refractivity contribution >= 4 is 21.3 Å². The Labute approximate surface area is 153 Å². The van der Waals surface area contributed by atoms with Crippen molar-refractivity contribution in [2.75, 3.05) is 11.5 Å². The van der Waals surface area contributed by atoms with E-state index in [4.69, 9.17) is 11.5 Å². The number of aryl methyl sites for hydroxylation is 1. The maximum Gasteiger partial charge on any atom is 0.418 e. The lowest BCUT2D eigenvalue weighted by Gasteiger charge is -2.12. The van der Waals surface area contributed by atoms with Gasteiger partial charge in [-0.3, -0.25) is 0 Å². The number of sulfone groups is 1. The van der Waals surface area contributed by atoms with Gasteiger partial charge in [0, 0.05) is 5.69 Å². The zero-order valence-electron chi connectivity index (χ0n) is 14.0. The zero-order chi connectivity index (χ0) is 20.0. The summed E-state index contributed by atoms with van der Waals surface area (Å²) in [6.45, 7) is 1.42. The highest BCUT2D eigenvalue weighted by molar-refractivity contribution is 7.91. The molecular formula is C17H15F3N4O2S. The van der Waals surface area contributed by atoms with Crippen molar-refractivity contribution in [1.29, 1.82) is 0 Å². The second kappa shape index (κ2) is 6.31. The first kappa shape index (κ1) is 18.8. The van der Waals surface area contributed by atoms with Crippen molar-refractivity contribution in [1.82, 2.24) is 9.78 Å². The summed E-state index contributed by atoms with van der Waals surface area (Å²) in [7, 11) is -4.35. The summed E-state index contributed by atoms with van der Waals surface area (Å²) < 4.78 is 66.4. The molecule has 4 N–H and O–H groups in total. The molecule has 0 aliphatic rings. The molecular weight excluding hydrogens is 381 g/mol. The molecule has 3 aromatic rings. The fourth-order valence-corrected chi connectivity index (χ4v) is 4.24. The van der Waals surface area contributed by atoms with Crippen LogP contribution < -0.4 is 11.5 Å². The quantitative estimate of drug-likeness (QED) is 0.662. The zero-order valence-corrected chi connectivity index (χ0v) is 14.8. The van der Waals surface area contributed by atoms with Crippen molar-refractivity contribution in [3.8, 4) is 5.69 Å². The van der Waals surface area contributed by atoms with Gasteiger partial charge in [0.2, 0.25) is 9.84 Å². The van der Waals surface area contributed by atoms with Gasteiger partial charge in [0.15, 0.2) is 0 Å². The molecule has 0 spiro atoms. The van der Waals surface area contributed by atoms with E-state index in [2.05, 4.69) is 5.10 Å². The summed E-state index contributed by atoms with van der Waals surface area (Å²) in [4.78, 5) is -0.907. The van der Waals surface area contributed by atoms with Crippen LogP contribution in [0.5, 0.6) is 0 Å². The second-order valence-electron chi connectivity index (χ2n) is 5.80. The molecule has 10 heteroatoms. The first-order chi connectivity index (χ1) is 12.5. The van der Waals surface area contributed by atoms with E-state index in [0.717, 1.165) is 12.1 Å². The summed E-state index contributed by atoms with van der Waals surface area (Å²) in [5, 5.41) is 4.13. The highest BCUT2D eigenvalue weighted by Crippen LogP contribution is 2.37. The van der Waals surface area contributed by atoms with Crippen LogP contribution in [-0.2, 0) is 16.0 Å². The molecule has 1 aromatic heterocycles. The Morgan fingerprint density at radius 1 is 1.04 bits per heavy atom. The molecule has 0 bridgehead atoms. The van der Waals surface area contributed by atoms with E-state index in [1.54, 1.807) is 30.3 Å². The molecule has 0 atom stereocenters. The van der Waals surface area contributed by atoms with Crippen molar-refractivity contribution < 1.29 is 21.6 Å². The molecule has 1 heterocycles. The van der Waals surface area contributed by atoms with Crippen LogP contribution in [0, 0.1) is 6.92 Å². The SMILES string of the molecule is Cc1nn(-c2ccccc2)c(N)c1S(=O)(=O)c1ccc(N)c(C(F)(F)F)c1. The van der Waals surface area contributed by atoms with Gasteiger partial charge >= 0.3 is 6.18 Å². The van der Waals surface area contributed by atoms with Crippen LogP contribution in [0.3, 0.4) is 0 Å². The largest absolute Gasteiger partial charge is 0.418 e. The number of hydrogen-bond donors (Lipinski definition) is 2. The van der Waals surface area contributed by atoms with Crippen LogP contribution >= 0.6 is 0 Å². The minimum absolute atomic E-state index is 0.0711. The van der Waals surface area contributed by atoms with E-state index in [-0.39, 0.29) is 16.4 Å². The molecule has 0 saturated heterocycles. The van der Waals surface area contributed by atoms with Crippen molar-refractivity contribution in [3.05, 3.63) is 59.8 Å². The minimum atomic E-state index is -4.79. The van der Waals surface area contributed by atoms with E-state index < -0.39 is 32.2 Å². The van der Waals surface area contributed by atoms with Gasteiger partial charge in [-0.1, -0.05) is 18.2 Å². The molecule has 2 aromatic carbocycles. The predicted octanol–water partition coefficient (Wildman–Crippen LogP) is 3.20. The lowest BCUT2D eigenvalue weighted by atomic mass is 10.2. The normalized spacial score (nSPS) is 12.3. The summed E-state index contributed by atoms with van der Waals surface area (Å²) in [5.74, 6) is -0.191. The number of para-hydroxylation sites is 1. The third-order valence-corrected chi connectivity index (χ3v) is 5.87. The Hall–Kier alpha value is -3.01. The van der Waals surface area contributed by atoms with E-state index in [0.29, 0.717) is 11.8 Å². The Bertz CT molecular complexity index is 1110. The number of hydrogen-bond acceptors (Lipinski definition) is 5. The van der Waals surface area contributed by atoms with Gasteiger partial charge in [-0.25, -0.2) is 13.1 Å². The molecule has 142 valence electrons. The Morgan fingerprint density at radius 2 is 1.67 bits per heavy atom. The maximum atomic E-state index is 13.1. The Morgan fingerprint density at radius 3 is 2.26 bits per heavy atom. The van der Waals surface area contributed by atoms with Crippen LogP contribution in [0.25, 0.3) is 5.69 Å². The summed E-state index contributed by atoms with van der Waals surface area (Å²) in [5.41, 5.74) is 10.1. The molecule has 0 amide bonds. The monoisotopic (exact) mass is 396 g/mol. The molecule has 3 rings (SSSR count). The number of aromatic nitrogens is 2. The van der Waals surface area contributed by atoms with Gasteiger partial charge in [0.05, 0.1) is 21.8 Å². The summed E-state index contributed by atoms with van der Waals surface area (Å²) >= 11 is 0. The molecule has 0 fully saturated rings. The van der Waals surface area contributed by atoms with Crippen molar-refractivity contribution in [3.63, 3.8) is 0 Å². The maximum absolute atomic E-state index is 13.1. The number of nitrogens with zero attached hydrogens (tertiary/aromatic N) is 2. The van der Waals surface area contributed by atoms with Gasteiger partial charge in [-0.15, -0.1) is 0 Å². The van der Waals surface area contributed by atoms with Crippen LogP contribution in [0.4, 0.5) is 24.7 Å². The number of halogens is 3. The number of alkyl halides is 3. The topological polar surface area (TPSA) is 104 Å². The average molecular weight is 396 g/mol. The van der Waals surface area contributed by atoms with E-state index in [1.165, 1.54) is 11.6 Å². The van der Waals surface area contributed by atoms with E-state index in [1.807, 2.05) is 0 Å². The molecule has 0 unspecified atom stereocenters. The standard InChI is InChI=1S/C17H15F3N4O2S/c1-10-15(16(22)24(23-10)11-5-3-2-4-6-11)27(25,26)12-7-8-14(21)13(9-12)17(18,19)20/h2-9H,21-22H2,1H3. The highest BCUT2D eigenvalue weighted by Gasteiger charge is 2.35. The lowest BCUT2D eigenvalue weighted by molar-refractivity contribution is -0.137. The van der Waals surface area contributed by atoms with Crippen LogP contribution in [0.1, 0.15) is 11.3 Å². The van der Waals surface area contributed by atoms with Crippen molar-refractivity contribution in [2.24, 2.45) is 0 Å². The Kier molecular flexibility index (Phi) is 4.38. The molecule has 0 saturated carbocycles. The number of nitrogens with two attached hydrogens (primary N) is 2. The lowest BCUT2D eigenvalue weighted by Crippen LogP contribution is -2.12. The van der Waals surface area contributed by atoms with Crippen LogP contribution in [0.15, 0.2) is 58.3 Å². The van der Waals surface area contributed by atoms with Gasteiger partial charge in [0.25, 0.3) is 0 Å². The Balaban J connectivity index is 2.19. The molecule has 0 radical (unpaired) electrons. The molecule has 6 nitrogen and oxygen atoms in total. The van der Waals surface area contributed by atoms with Crippen LogP contribution in [-0.4, -0.2) is 18.2 Å². The number of benzene rings is 2. The fourth-order valence-electron chi connectivity index (χ4n) is 2.69. The van der Waals surface area contributed by atoms with Gasteiger partial charge < -0.3 is 11.5 Å². The first-order valence-electron chi connectivity index (χ1n) is 7.66.